The molecular weight excluding hydrogens is 255 g/mol. The van der Waals surface area contributed by atoms with Crippen LogP contribution in [-0.2, 0) is 6.54 Å². The highest BCUT2D eigenvalue weighted by Crippen LogP contribution is 2.13. The van der Waals surface area contributed by atoms with Gasteiger partial charge in [-0.1, -0.05) is 18.2 Å². The third-order valence-electron chi connectivity index (χ3n) is 3.11. The summed E-state index contributed by atoms with van der Waals surface area (Å²) in [4.78, 5) is 10.8. The maximum Gasteiger partial charge on any atom is 0.227 e. The minimum absolute atomic E-state index is 0.210. The second-order valence-electron chi connectivity index (χ2n) is 4.36. The van der Waals surface area contributed by atoms with Crippen LogP contribution in [0.1, 0.15) is 19.4 Å². The minimum atomic E-state index is -0.210. The van der Waals surface area contributed by atoms with E-state index in [1.54, 1.807) is 24.4 Å². The number of halogens is 1. The predicted molar refractivity (Wildman–Crippen MR) is 79.3 cm³/mol. The summed E-state index contributed by atoms with van der Waals surface area (Å²) >= 11 is 0. The molecule has 1 heterocycles. The Labute approximate surface area is 118 Å². The topological polar surface area (TPSA) is 41.1 Å². The van der Waals surface area contributed by atoms with E-state index >= 15 is 0 Å². The van der Waals surface area contributed by atoms with Crippen molar-refractivity contribution in [1.29, 1.82) is 0 Å². The van der Waals surface area contributed by atoms with Crippen molar-refractivity contribution in [3.8, 4) is 0 Å². The third kappa shape index (κ3) is 3.44. The highest BCUT2D eigenvalue weighted by molar-refractivity contribution is 5.41. The van der Waals surface area contributed by atoms with Crippen LogP contribution in [0.5, 0.6) is 0 Å². The molecule has 4 nitrogen and oxygen atoms in total. The number of anilines is 2. The van der Waals surface area contributed by atoms with E-state index in [1.807, 2.05) is 6.07 Å². The molecule has 0 radical (unpaired) electrons. The number of hydrogen-bond donors (Lipinski definition) is 1. The highest BCUT2D eigenvalue weighted by Gasteiger charge is 2.06. The van der Waals surface area contributed by atoms with E-state index in [9.17, 15) is 4.39 Å². The van der Waals surface area contributed by atoms with Gasteiger partial charge in [-0.2, -0.15) is 4.98 Å². The smallest absolute Gasteiger partial charge is 0.227 e. The molecule has 0 unspecified atom stereocenters. The molecule has 1 aromatic heterocycles. The molecule has 0 atom stereocenters. The zero-order valence-electron chi connectivity index (χ0n) is 11.8. The van der Waals surface area contributed by atoms with Crippen molar-refractivity contribution in [2.45, 2.75) is 20.4 Å². The van der Waals surface area contributed by atoms with E-state index in [0.29, 0.717) is 23.9 Å². The normalized spacial score (nSPS) is 10.3. The fourth-order valence-corrected chi connectivity index (χ4v) is 1.93. The number of aromatic nitrogens is 2. The first-order chi connectivity index (χ1) is 9.74. The van der Waals surface area contributed by atoms with E-state index in [-0.39, 0.29) is 5.82 Å². The summed E-state index contributed by atoms with van der Waals surface area (Å²) in [5.41, 5.74) is 0.621. The average molecular weight is 274 g/mol. The van der Waals surface area contributed by atoms with Crippen LogP contribution in [0.2, 0.25) is 0 Å². The van der Waals surface area contributed by atoms with Gasteiger partial charge in [0.1, 0.15) is 11.6 Å². The fraction of sp³-hybridized carbons (Fsp3) is 0.333. The SMILES string of the molecule is CCN(CC)c1nccc(NCc2ccccc2F)n1. The van der Waals surface area contributed by atoms with E-state index in [2.05, 4.69) is 34.0 Å². The van der Waals surface area contributed by atoms with Gasteiger partial charge < -0.3 is 10.2 Å². The Kier molecular flexibility index (Phi) is 4.87. The van der Waals surface area contributed by atoms with E-state index in [1.165, 1.54) is 6.07 Å². The highest BCUT2D eigenvalue weighted by atomic mass is 19.1. The first-order valence-corrected chi connectivity index (χ1v) is 6.79. The van der Waals surface area contributed by atoms with Crippen molar-refractivity contribution in [2.75, 3.05) is 23.3 Å². The fourth-order valence-electron chi connectivity index (χ4n) is 1.93. The van der Waals surface area contributed by atoms with Crippen molar-refractivity contribution in [1.82, 2.24) is 9.97 Å². The number of benzene rings is 1. The molecule has 0 saturated heterocycles. The molecule has 5 heteroatoms. The Morgan fingerprint density at radius 3 is 2.60 bits per heavy atom. The molecule has 0 fully saturated rings. The van der Waals surface area contributed by atoms with Crippen molar-refractivity contribution < 1.29 is 4.39 Å². The zero-order valence-corrected chi connectivity index (χ0v) is 11.8. The van der Waals surface area contributed by atoms with Gasteiger partial charge in [-0.15, -0.1) is 0 Å². The van der Waals surface area contributed by atoms with Gasteiger partial charge in [0, 0.05) is 31.4 Å². The van der Waals surface area contributed by atoms with Gasteiger partial charge in [-0.05, 0) is 26.0 Å². The molecule has 0 amide bonds. The Hall–Kier alpha value is -2.17. The van der Waals surface area contributed by atoms with Gasteiger partial charge >= 0.3 is 0 Å². The average Bonchev–Trinajstić information content (AvgIpc) is 2.48. The molecule has 0 bridgehead atoms. The largest absolute Gasteiger partial charge is 0.366 e. The van der Waals surface area contributed by atoms with Gasteiger partial charge in [0.25, 0.3) is 0 Å². The molecule has 2 rings (SSSR count). The lowest BCUT2D eigenvalue weighted by Gasteiger charge is -2.18. The summed E-state index contributed by atoms with van der Waals surface area (Å²) in [5.74, 6) is 1.18. The van der Waals surface area contributed by atoms with E-state index < -0.39 is 0 Å². The quantitative estimate of drug-likeness (QED) is 0.879. The second-order valence-corrected chi connectivity index (χ2v) is 4.36. The van der Waals surface area contributed by atoms with Gasteiger partial charge in [-0.25, -0.2) is 9.37 Å². The minimum Gasteiger partial charge on any atom is -0.366 e. The molecule has 2 aromatic rings. The van der Waals surface area contributed by atoms with Crippen LogP contribution in [0.15, 0.2) is 36.5 Å². The van der Waals surface area contributed by atoms with Crippen LogP contribution in [-0.4, -0.2) is 23.1 Å². The van der Waals surface area contributed by atoms with Crippen LogP contribution in [0, 0.1) is 5.82 Å². The second kappa shape index (κ2) is 6.84. The first kappa shape index (κ1) is 14.2. The maximum absolute atomic E-state index is 13.5. The lowest BCUT2D eigenvalue weighted by molar-refractivity contribution is 0.613. The number of hydrogen-bond acceptors (Lipinski definition) is 4. The Morgan fingerprint density at radius 2 is 1.90 bits per heavy atom. The van der Waals surface area contributed by atoms with Crippen LogP contribution in [0.25, 0.3) is 0 Å². The number of rotatable bonds is 6. The summed E-state index contributed by atoms with van der Waals surface area (Å²) in [7, 11) is 0. The van der Waals surface area contributed by atoms with E-state index in [4.69, 9.17) is 0 Å². The monoisotopic (exact) mass is 274 g/mol. The summed E-state index contributed by atoms with van der Waals surface area (Å²) in [6.45, 7) is 6.24. The van der Waals surface area contributed by atoms with Crippen LogP contribution in [0.3, 0.4) is 0 Å². The van der Waals surface area contributed by atoms with Crippen molar-refractivity contribution in [3.05, 3.63) is 47.9 Å². The van der Waals surface area contributed by atoms with Gasteiger partial charge in [0.15, 0.2) is 0 Å². The summed E-state index contributed by atoms with van der Waals surface area (Å²) in [5, 5.41) is 3.13. The summed E-state index contributed by atoms with van der Waals surface area (Å²) < 4.78 is 13.5. The standard InChI is InChI=1S/C15H19FN4/c1-3-20(4-2)15-17-10-9-14(19-15)18-11-12-7-5-6-8-13(12)16/h5-10H,3-4,11H2,1-2H3,(H,17,18,19). The Balaban J connectivity index is 2.07. The van der Waals surface area contributed by atoms with Crippen molar-refractivity contribution in [3.63, 3.8) is 0 Å². The lowest BCUT2D eigenvalue weighted by Crippen LogP contribution is -2.24. The molecule has 0 aliphatic rings. The summed E-state index contributed by atoms with van der Waals surface area (Å²) in [6.07, 6.45) is 1.71. The lowest BCUT2D eigenvalue weighted by atomic mass is 10.2. The Bertz CT molecular complexity index is 555. The number of nitrogens with zero attached hydrogens (tertiary/aromatic N) is 3. The predicted octanol–water partition coefficient (Wildman–Crippen LogP) is 3.07. The molecule has 20 heavy (non-hydrogen) atoms. The van der Waals surface area contributed by atoms with Gasteiger partial charge in [-0.3, -0.25) is 0 Å². The molecule has 0 aliphatic heterocycles. The molecule has 0 saturated carbocycles. The zero-order chi connectivity index (χ0) is 14.4. The Morgan fingerprint density at radius 1 is 1.15 bits per heavy atom. The molecule has 0 spiro atoms. The first-order valence-electron chi connectivity index (χ1n) is 6.79. The molecule has 1 aromatic carbocycles. The van der Waals surface area contributed by atoms with Gasteiger partial charge in [0.05, 0.1) is 0 Å². The van der Waals surface area contributed by atoms with Crippen LogP contribution >= 0.6 is 0 Å². The van der Waals surface area contributed by atoms with Crippen molar-refractivity contribution in [2.24, 2.45) is 0 Å². The van der Waals surface area contributed by atoms with Crippen LogP contribution in [0.4, 0.5) is 16.2 Å². The number of nitrogens with one attached hydrogen (secondary N) is 1. The van der Waals surface area contributed by atoms with Crippen molar-refractivity contribution >= 4 is 11.8 Å². The molecule has 106 valence electrons. The molecular formula is C15H19FN4. The van der Waals surface area contributed by atoms with E-state index in [0.717, 1.165) is 13.1 Å². The van der Waals surface area contributed by atoms with Gasteiger partial charge in [0.2, 0.25) is 5.95 Å². The summed E-state index contributed by atoms with van der Waals surface area (Å²) in [6, 6.07) is 8.50. The maximum atomic E-state index is 13.5. The molecule has 0 aliphatic carbocycles. The van der Waals surface area contributed by atoms with Crippen LogP contribution < -0.4 is 10.2 Å². The molecule has 1 N–H and O–H groups in total. The third-order valence-corrected chi connectivity index (χ3v) is 3.11.